The quantitative estimate of drug-likeness (QED) is 0.944. The summed E-state index contributed by atoms with van der Waals surface area (Å²) in [5.74, 6) is 3.77. The normalized spacial score (nSPS) is 17.2. The molecule has 4 rings (SSSR count). The molecule has 2 aliphatic rings. The van der Waals surface area contributed by atoms with E-state index in [1.807, 2.05) is 12.1 Å². The summed E-state index contributed by atoms with van der Waals surface area (Å²) in [7, 11) is 0. The lowest BCUT2D eigenvalue weighted by atomic mass is 10.1. The minimum Gasteiger partial charge on any atom is -0.486 e. The van der Waals surface area contributed by atoms with Gasteiger partial charge >= 0.3 is 0 Å². The summed E-state index contributed by atoms with van der Waals surface area (Å²) in [6.45, 7) is 1.14. The number of halogens is 1. The number of nitrogens with zero attached hydrogens (tertiary/aromatic N) is 2. The number of aromatic nitrogens is 3. The number of hydrogen-bond donors (Lipinski definition) is 1. The van der Waals surface area contributed by atoms with Crippen LogP contribution in [0, 0.1) is 0 Å². The van der Waals surface area contributed by atoms with Crippen LogP contribution in [-0.4, -0.2) is 28.4 Å². The Labute approximate surface area is 121 Å². The first-order chi connectivity index (χ1) is 9.79. The molecule has 1 fully saturated rings. The van der Waals surface area contributed by atoms with Crippen LogP contribution in [0.3, 0.4) is 0 Å². The number of fused-ring (bicyclic) bond motifs is 1. The molecule has 0 radical (unpaired) electrons. The Morgan fingerprint density at radius 1 is 1.20 bits per heavy atom. The van der Waals surface area contributed by atoms with Crippen LogP contribution in [0.5, 0.6) is 11.5 Å². The predicted octanol–water partition coefficient (Wildman–Crippen LogP) is 2.70. The van der Waals surface area contributed by atoms with Crippen molar-refractivity contribution < 1.29 is 9.47 Å². The van der Waals surface area contributed by atoms with E-state index in [1.54, 1.807) is 0 Å². The fourth-order valence-corrected chi connectivity index (χ4v) is 2.56. The maximum absolute atomic E-state index is 6.30. The Kier molecular flexibility index (Phi) is 2.80. The van der Waals surface area contributed by atoms with Crippen molar-refractivity contribution in [1.29, 1.82) is 0 Å². The molecule has 5 nitrogen and oxygen atoms in total. The largest absolute Gasteiger partial charge is 0.486 e. The number of ether oxygens (including phenoxy) is 2. The fourth-order valence-electron chi connectivity index (χ4n) is 2.34. The van der Waals surface area contributed by atoms with Gasteiger partial charge in [0, 0.05) is 23.4 Å². The molecule has 1 aliphatic heterocycles. The molecular weight excluding hydrogens is 278 g/mol. The summed E-state index contributed by atoms with van der Waals surface area (Å²) in [5.41, 5.74) is 0.967. The molecule has 0 spiro atoms. The highest BCUT2D eigenvalue weighted by Crippen LogP contribution is 2.38. The molecule has 0 saturated heterocycles. The van der Waals surface area contributed by atoms with E-state index in [-0.39, 0.29) is 0 Å². The van der Waals surface area contributed by atoms with Gasteiger partial charge in [-0.05, 0) is 24.5 Å². The number of H-pyrrole nitrogens is 1. The molecule has 0 unspecified atom stereocenters. The van der Waals surface area contributed by atoms with Gasteiger partial charge in [-0.25, -0.2) is 4.98 Å². The van der Waals surface area contributed by atoms with Crippen LogP contribution >= 0.6 is 11.6 Å². The van der Waals surface area contributed by atoms with E-state index in [0.717, 1.165) is 23.0 Å². The van der Waals surface area contributed by atoms with Gasteiger partial charge in [0.2, 0.25) is 0 Å². The van der Waals surface area contributed by atoms with Gasteiger partial charge in [-0.3, -0.25) is 5.10 Å². The Hall–Kier alpha value is -1.75. The molecule has 1 N–H and O–H groups in total. The van der Waals surface area contributed by atoms with Crippen molar-refractivity contribution in [2.45, 2.75) is 25.2 Å². The lowest BCUT2D eigenvalue weighted by Crippen LogP contribution is -2.15. The van der Waals surface area contributed by atoms with Crippen molar-refractivity contribution in [2.75, 3.05) is 13.2 Å². The first kappa shape index (κ1) is 12.0. The number of hydrogen-bond acceptors (Lipinski definition) is 4. The third-order valence-corrected chi connectivity index (χ3v) is 3.91. The third-order valence-electron chi connectivity index (χ3n) is 3.56. The van der Waals surface area contributed by atoms with Gasteiger partial charge in [-0.1, -0.05) is 11.6 Å². The second-order valence-corrected chi connectivity index (χ2v) is 5.59. The summed E-state index contributed by atoms with van der Waals surface area (Å²) in [4.78, 5) is 4.52. The molecule has 104 valence electrons. The van der Waals surface area contributed by atoms with Crippen LogP contribution in [0.1, 0.15) is 36.0 Å². The van der Waals surface area contributed by atoms with E-state index in [1.165, 1.54) is 12.8 Å². The monoisotopic (exact) mass is 291 g/mol. The van der Waals surface area contributed by atoms with Gasteiger partial charge < -0.3 is 9.47 Å². The van der Waals surface area contributed by atoms with Crippen molar-refractivity contribution in [3.63, 3.8) is 0 Å². The molecule has 1 aromatic carbocycles. The van der Waals surface area contributed by atoms with Crippen LogP contribution < -0.4 is 9.47 Å². The summed E-state index contributed by atoms with van der Waals surface area (Å²) in [6.07, 6.45) is 3.01. The number of aromatic amines is 1. The second kappa shape index (κ2) is 4.66. The van der Waals surface area contributed by atoms with Gasteiger partial charge in [0.25, 0.3) is 0 Å². The van der Waals surface area contributed by atoms with Crippen molar-refractivity contribution in [3.8, 4) is 11.5 Å². The minimum atomic E-state index is 0.552. The summed E-state index contributed by atoms with van der Waals surface area (Å²) in [6, 6.07) is 3.74. The summed E-state index contributed by atoms with van der Waals surface area (Å²) < 4.78 is 11.1. The Morgan fingerprint density at radius 3 is 2.70 bits per heavy atom. The van der Waals surface area contributed by atoms with E-state index in [2.05, 4.69) is 15.2 Å². The third kappa shape index (κ3) is 2.22. The van der Waals surface area contributed by atoms with Gasteiger partial charge in [0.05, 0.1) is 0 Å². The molecule has 6 heteroatoms. The zero-order valence-corrected chi connectivity index (χ0v) is 11.6. The van der Waals surface area contributed by atoms with E-state index in [0.29, 0.717) is 36.3 Å². The highest BCUT2D eigenvalue weighted by molar-refractivity contribution is 6.31. The summed E-state index contributed by atoms with van der Waals surface area (Å²) in [5, 5.41) is 7.91. The topological polar surface area (TPSA) is 60.0 Å². The van der Waals surface area contributed by atoms with Crippen molar-refractivity contribution >= 4 is 11.6 Å². The van der Waals surface area contributed by atoms with Gasteiger partial charge in [-0.15, -0.1) is 0 Å². The van der Waals surface area contributed by atoms with Gasteiger partial charge in [-0.2, -0.15) is 5.10 Å². The molecule has 0 amide bonds. The van der Waals surface area contributed by atoms with E-state index < -0.39 is 0 Å². The van der Waals surface area contributed by atoms with Crippen LogP contribution in [0.4, 0.5) is 0 Å². The molecule has 2 aromatic rings. The van der Waals surface area contributed by atoms with Gasteiger partial charge in [0.1, 0.15) is 19.0 Å². The second-order valence-electron chi connectivity index (χ2n) is 5.18. The summed E-state index contributed by atoms with van der Waals surface area (Å²) >= 11 is 6.30. The minimum absolute atomic E-state index is 0.552. The molecule has 0 atom stereocenters. The number of benzene rings is 1. The molecule has 20 heavy (non-hydrogen) atoms. The highest BCUT2D eigenvalue weighted by atomic mass is 35.5. The van der Waals surface area contributed by atoms with Crippen LogP contribution in [-0.2, 0) is 6.42 Å². The van der Waals surface area contributed by atoms with Crippen LogP contribution in [0.15, 0.2) is 12.1 Å². The lowest BCUT2D eigenvalue weighted by molar-refractivity contribution is 0.171. The standard InChI is InChI=1S/C14H14ClN3O2/c15-10-7-12-11(19-3-4-20-12)5-9(10)6-13-16-14(18-17-13)8-1-2-8/h5,7-8H,1-4,6H2,(H,16,17,18). The molecular formula is C14H14ClN3O2. The number of nitrogens with one attached hydrogen (secondary N) is 1. The smallest absolute Gasteiger partial charge is 0.162 e. The Morgan fingerprint density at radius 2 is 1.95 bits per heavy atom. The average Bonchev–Trinajstić information content (AvgIpc) is 3.20. The van der Waals surface area contributed by atoms with Crippen molar-refractivity contribution in [2.24, 2.45) is 0 Å². The maximum atomic E-state index is 6.30. The van der Waals surface area contributed by atoms with Crippen LogP contribution in [0.2, 0.25) is 5.02 Å². The Bertz CT molecular complexity index is 652. The Balaban J connectivity index is 1.60. The van der Waals surface area contributed by atoms with Crippen LogP contribution in [0.25, 0.3) is 0 Å². The maximum Gasteiger partial charge on any atom is 0.162 e. The van der Waals surface area contributed by atoms with E-state index >= 15 is 0 Å². The molecule has 1 aliphatic carbocycles. The van der Waals surface area contributed by atoms with Crippen molar-refractivity contribution in [3.05, 3.63) is 34.4 Å². The van der Waals surface area contributed by atoms with Crippen molar-refractivity contribution in [1.82, 2.24) is 15.2 Å². The first-order valence-electron chi connectivity index (χ1n) is 6.79. The molecule has 1 saturated carbocycles. The number of rotatable bonds is 3. The fraction of sp³-hybridized carbons (Fsp3) is 0.429. The first-order valence-corrected chi connectivity index (χ1v) is 7.16. The zero-order chi connectivity index (χ0) is 13.5. The average molecular weight is 292 g/mol. The van der Waals surface area contributed by atoms with Gasteiger partial charge in [0.15, 0.2) is 17.3 Å². The zero-order valence-electron chi connectivity index (χ0n) is 10.9. The highest BCUT2D eigenvalue weighted by Gasteiger charge is 2.27. The lowest BCUT2D eigenvalue weighted by Gasteiger charge is -2.19. The molecule has 2 heterocycles. The SMILES string of the molecule is Clc1cc2c(cc1Cc1nc(C3CC3)n[nH]1)OCCO2. The van der Waals surface area contributed by atoms with E-state index in [4.69, 9.17) is 21.1 Å². The van der Waals surface area contributed by atoms with E-state index in [9.17, 15) is 0 Å². The molecule has 1 aromatic heterocycles. The molecule has 0 bridgehead atoms. The predicted molar refractivity (Wildman–Crippen MR) is 73.6 cm³/mol.